The number of carbonyl (C=O) groups excluding carboxylic acids is 2. The molecule has 0 spiro atoms. The average molecular weight is 422 g/mol. The zero-order chi connectivity index (χ0) is 21.2. The Balaban J connectivity index is 1.13. The van der Waals surface area contributed by atoms with Crippen LogP contribution in [0.5, 0.6) is 23.0 Å². The SMILES string of the molecule is O=C(Nc1ccc2c(c1)OCO2)C1CCN(C(=O)/C=C/c2ccc3c(c2)OCO3)CC1. The summed E-state index contributed by atoms with van der Waals surface area (Å²) in [5, 5.41) is 2.94. The van der Waals surface area contributed by atoms with Crippen LogP contribution in [0.4, 0.5) is 5.69 Å². The average Bonchev–Trinajstić information content (AvgIpc) is 3.46. The van der Waals surface area contributed by atoms with Crippen LogP contribution in [-0.2, 0) is 9.59 Å². The minimum absolute atomic E-state index is 0.0399. The van der Waals surface area contributed by atoms with Gasteiger partial charge in [-0.05, 0) is 48.7 Å². The molecule has 3 aliphatic rings. The van der Waals surface area contributed by atoms with E-state index >= 15 is 0 Å². The van der Waals surface area contributed by atoms with Crippen LogP contribution in [0.15, 0.2) is 42.5 Å². The highest BCUT2D eigenvalue weighted by Gasteiger charge is 2.27. The predicted octanol–water partition coefficient (Wildman–Crippen LogP) is 3.03. The number of rotatable bonds is 4. The summed E-state index contributed by atoms with van der Waals surface area (Å²) < 4.78 is 21.3. The molecule has 8 heteroatoms. The number of benzene rings is 2. The Morgan fingerprint density at radius 3 is 2.26 bits per heavy atom. The highest BCUT2D eigenvalue weighted by molar-refractivity contribution is 5.94. The maximum atomic E-state index is 12.6. The van der Waals surface area contributed by atoms with Gasteiger partial charge in [-0.2, -0.15) is 0 Å². The molecule has 160 valence electrons. The molecule has 1 saturated heterocycles. The molecule has 0 aliphatic carbocycles. The van der Waals surface area contributed by atoms with E-state index in [1.54, 1.807) is 35.3 Å². The lowest BCUT2D eigenvalue weighted by atomic mass is 9.95. The summed E-state index contributed by atoms with van der Waals surface area (Å²) >= 11 is 0. The summed E-state index contributed by atoms with van der Waals surface area (Å²) in [5.41, 5.74) is 1.55. The molecule has 2 amide bonds. The fourth-order valence-electron chi connectivity index (χ4n) is 3.87. The Kier molecular flexibility index (Phi) is 5.11. The van der Waals surface area contributed by atoms with Crippen molar-refractivity contribution < 1.29 is 28.5 Å². The molecule has 0 bridgehead atoms. The summed E-state index contributed by atoms with van der Waals surface area (Å²) in [6, 6.07) is 10.9. The lowest BCUT2D eigenvalue weighted by Crippen LogP contribution is -2.40. The van der Waals surface area contributed by atoms with Crippen LogP contribution in [0.2, 0.25) is 0 Å². The van der Waals surface area contributed by atoms with Gasteiger partial charge in [-0.3, -0.25) is 9.59 Å². The number of carbonyl (C=O) groups is 2. The number of anilines is 1. The number of ether oxygens (including phenoxy) is 4. The van der Waals surface area contributed by atoms with Gasteiger partial charge in [-0.25, -0.2) is 0 Å². The normalized spacial score (nSPS) is 17.2. The molecule has 2 aromatic rings. The minimum Gasteiger partial charge on any atom is -0.454 e. The van der Waals surface area contributed by atoms with E-state index in [1.807, 2.05) is 18.2 Å². The van der Waals surface area contributed by atoms with Crippen molar-refractivity contribution in [2.45, 2.75) is 12.8 Å². The van der Waals surface area contributed by atoms with E-state index in [1.165, 1.54) is 0 Å². The largest absolute Gasteiger partial charge is 0.454 e. The number of amides is 2. The summed E-state index contributed by atoms with van der Waals surface area (Å²) in [6.07, 6.45) is 4.58. The van der Waals surface area contributed by atoms with Crippen molar-refractivity contribution in [3.63, 3.8) is 0 Å². The number of nitrogens with zero attached hydrogens (tertiary/aromatic N) is 1. The first-order valence-corrected chi connectivity index (χ1v) is 10.2. The lowest BCUT2D eigenvalue weighted by molar-refractivity contribution is -0.130. The van der Waals surface area contributed by atoms with Crippen LogP contribution in [0.1, 0.15) is 18.4 Å². The van der Waals surface area contributed by atoms with Gasteiger partial charge in [-0.1, -0.05) is 6.07 Å². The summed E-state index contributed by atoms with van der Waals surface area (Å²) in [6.45, 7) is 1.51. The van der Waals surface area contributed by atoms with Crippen LogP contribution < -0.4 is 24.3 Å². The van der Waals surface area contributed by atoms with Gasteiger partial charge >= 0.3 is 0 Å². The topological polar surface area (TPSA) is 86.3 Å². The highest BCUT2D eigenvalue weighted by Crippen LogP contribution is 2.35. The van der Waals surface area contributed by atoms with E-state index in [-0.39, 0.29) is 31.3 Å². The molecule has 31 heavy (non-hydrogen) atoms. The third kappa shape index (κ3) is 4.14. The van der Waals surface area contributed by atoms with Crippen molar-refractivity contribution in [2.24, 2.45) is 5.92 Å². The van der Waals surface area contributed by atoms with Crippen molar-refractivity contribution >= 4 is 23.6 Å². The van der Waals surface area contributed by atoms with Crippen molar-refractivity contribution in [3.05, 3.63) is 48.0 Å². The molecule has 0 unspecified atom stereocenters. The van der Waals surface area contributed by atoms with Gasteiger partial charge in [-0.15, -0.1) is 0 Å². The minimum atomic E-state index is -0.132. The van der Waals surface area contributed by atoms with E-state index in [0.29, 0.717) is 54.6 Å². The molecule has 5 rings (SSSR count). The van der Waals surface area contributed by atoms with Gasteiger partial charge in [0.15, 0.2) is 23.0 Å². The van der Waals surface area contributed by atoms with Crippen molar-refractivity contribution in [2.75, 3.05) is 32.0 Å². The van der Waals surface area contributed by atoms with Crippen molar-refractivity contribution in [1.29, 1.82) is 0 Å². The second-order valence-corrected chi connectivity index (χ2v) is 7.60. The Hall–Kier alpha value is -3.68. The Morgan fingerprint density at radius 2 is 1.52 bits per heavy atom. The van der Waals surface area contributed by atoms with Crippen LogP contribution in [0, 0.1) is 5.92 Å². The molecule has 3 heterocycles. The summed E-state index contributed by atoms with van der Waals surface area (Å²) in [7, 11) is 0. The van der Waals surface area contributed by atoms with E-state index in [2.05, 4.69) is 5.32 Å². The predicted molar refractivity (Wildman–Crippen MR) is 112 cm³/mol. The van der Waals surface area contributed by atoms with Crippen molar-refractivity contribution in [1.82, 2.24) is 4.90 Å². The van der Waals surface area contributed by atoms with E-state index < -0.39 is 0 Å². The van der Waals surface area contributed by atoms with Gasteiger partial charge in [0.25, 0.3) is 0 Å². The fraction of sp³-hybridized carbons (Fsp3) is 0.304. The van der Waals surface area contributed by atoms with Gasteiger partial charge in [0.05, 0.1) is 0 Å². The standard InChI is InChI=1S/C23H22N2O6/c26-22(6-2-15-1-4-18-20(11-15)30-13-28-18)25-9-7-16(8-10-25)23(27)24-17-3-5-19-21(12-17)31-14-29-19/h1-6,11-12,16H,7-10,13-14H2,(H,24,27)/b6-2+. The molecular weight excluding hydrogens is 400 g/mol. The first-order chi connectivity index (χ1) is 15.2. The number of hydrogen-bond acceptors (Lipinski definition) is 6. The molecule has 3 aliphatic heterocycles. The van der Waals surface area contributed by atoms with Crippen LogP contribution in [0.3, 0.4) is 0 Å². The fourth-order valence-corrected chi connectivity index (χ4v) is 3.87. The van der Waals surface area contributed by atoms with E-state index in [0.717, 1.165) is 5.56 Å². The molecule has 1 fully saturated rings. The van der Waals surface area contributed by atoms with Crippen LogP contribution in [-0.4, -0.2) is 43.4 Å². The number of piperidine rings is 1. The van der Waals surface area contributed by atoms with E-state index in [9.17, 15) is 9.59 Å². The molecule has 0 atom stereocenters. The Bertz CT molecular complexity index is 1040. The second kappa shape index (κ2) is 8.22. The lowest BCUT2D eigenvalue weighted by Gasteiger charge is -2.30. The molecular formula is C23H22N2O6. The monoisotopic (exact) mass is 422 g/mol. The van der Waals surface area contributed by atoms with Gasteiger partial charge in [0.1, 0.15) is 0 Å². The van der Waals surface area contributed by atoms with Gasteiger partial charge in [0.2, 0.25) is 25.4 Å². The van der Waals surface area contributed by atoms with Crippen LogP contribution >= 0.6 is 0 Å². The third-order valence-corrected chi connectivity index (χ3v) is 5.63. The molecule has 0 radical (unpaired) electrons. The first kappa shape index (κ1) is 19.3. The molecule has 8 nitrogen and oxygen atoms in total. The second-order valence-electron chi connectivity index (χ2n) is 7.60. The maximum Gasteiger partial charge on any atom is 0.246 e. The Morgan fingerprint density at radius 1 is 0.871 bits per heavy atom. The number of nitrogens with one attached hydrogen (secondary N) is 1. The quantitative estimate of drug-likeness (QED) is 0.763. The van der Waals surface area contributed by atoms with E-state index in [4.69, 9.17) is 18.9 Å². The molecule has 2 aromatic carbocycles. The summed E-state index contributed by atoms with van der Waals surface area (Å²) in [5.74, 6) is 2.47. The molecule has 0 aromatic heterocycles. The van der Waals surface area contributed by atoms with Crippen molar-refractivity contribution in [3.8, 4) is 23.0 Å². The Labute approximate surface area is 179 Å². The molecule has 1 N–H and O–H groups in total. The number of hydrogen-bond donors (Lipinski definition) is 1. The third-order valence-electron chi connectivity index (χ3n) is 5.63. The van der Waals surface area contributed by atoms with Gasteiger partial charge in [0, 0.05) is 36.8 Å². The first-order valence-electron chi connectivity index (χ1n) is 10.2. The zero-order valence-electron chi connectivity index (χ0n) is 16.8. The number of fused-ring (bicyclic) bond motifs is 2. The van der Waals surface area contributed by atoms with Gasteiger partial charge < -0.3 is 29.2 Å². The smallest absolute Gasteiger partial charge is 0.246 e. The summed E-state index contributed by atoms with van der Waals surface area (Å²) in [4.78, 5) is 26.9. The molecule has 0 saturated carbocycles. The maximum absolute atomic E-state index is 12.6. The van der Waals surface area contributed by atoms with Crippen LogP contribution in [0.25, 0.3) is 6.08 Å². The number of likely N-dealkylation sites (tertiary alicyclic amines) is 1. The zero-order valence-corrected chi connectivity index (χ0v) is 16.8. The highest BCUT2D eigenvalue weighted by atomic mass is 16.7.